The van der Waals surface area contributed by atoms with E-state index in [-0.39, 0.29) is 10.9 Å². The molecule has 3 aromatic rings. The Hall–Kier alpha value is -2.48. The van der Waals surface area contributed by atoms with E-state index in [1.165, 1.54) is 17.7 Å². The Kier molecular flexibility index (Phi) is 4.95. The zero-order valence-electron chi connectivity index (χ0n) is 15.0. The van der Waals surface area contributed by atoms with E-state index in [9.17, 15) is 8.42 Å². The van der Waals surface area contributed by atoms with E-state index in [1.807, 2.05) is 37.0 Å². The van der Waals surface area contributed by atoms with Crippen LogP contribution in [0.2, 0.25) is 0 Å². The number of hydrogen-bond acceptors (Lipinski definition) is 4. The van der Waals surface area contributed by atoms with Crippen molar-refractivity contribution in [3.63, 3.8) is 0 Å². The van der Waals surface area contributed by atoms with Gasteiger partial charge in [-0.25, -0.2) is 18.5 Å². The van der Waals surface area contributed by atoms with Crippen molar-refractivity contribution in [2.45, 2.75) is 17.9 Å². The fourth-order valence-electron chi connectivity index (χ4n) is 2.76. The van der Waals surface area contributed by atoms with E-state index in [4.69, 9.17) is 5.14 Å². The van der Waals surface area contributed by atoms with E-state index < -0.39 is 10.0 Å². The molecule has 0 radical (unpaired) electrons. The summed E-state index contributed by atoms with van der Waals surface area (Å²) in [6, 6.07) is 15.0. The summed E-state index contributed by atoms with van der Waals surface area (Å²) in [6.07, 6.45) is 3.58. The molecular formula is C19H22N4O2S. The summed E-state index contributed by atoms with van der Waals surface area (Å²) in [5, 5.41) is 5.16. The molecule has 136 valence electrons. The maximum absolute atomic E-state index is 11.4. The normalized spacial score (nSPS) is 13.1. The number of sulfonamides is 1. The predicted octanol–water partition coefficient (Wildman–Crippen LogP) is 2.81. The molecule has 0 aliphatic carbocycles. The summed E-state index contributed by atoms with van der Waals surface area (Å²) in [6.45, 7) is 2.15. The Balaban J connectivity index is 2.01. The minimum Gasteiger partial charge on any atom is -0.303 e. The molecule has 0 spiro atoms. The maximum Gasteiger partial charge on any atom is 0.238 e. The highest BCUT2D eigenvalue weighted by atomic mass is 32.2. The molecule has 2 aromatic carbocycles. The molecule has 6 nitrogen and oxygen atoms in total. The third-order valence-electron chi connectivity index (χ3n) is 4.49. The van der Waals surface area contributed by atoms with Crippen molar-refractivity contribution in [1.29, 1.82) is 0 Å². The van der Waals surface area contributed by atoms with Crippen LogP contribution in [0, 0.1) is 0 Å². The van der Waals surface area contributed by atoms with Gasteiger partial charge in [-0.3, -0.25) is 4.57 Å². The van der Waals surface area contributed by atoms with Crippen LogP contribution in [0.5, 0.6) is 0 Å². The van der Waals surface area contributed by atoms with E-state index in [1.54, 1.807) is 18.3 Å². The molecule has 0 aliphatic rings. The van der Waals surface area contributed by atoms with Crippen molar-refractivity contribution in [1.82, 2.24) is 14.5 Å². The average molecular weight is 370 g/mol. The predicted molar refractivity (Wildman–Crippen MR) is 102 cm³/mol. The molecule has 1 unspecified atom stereocenters. The third-order valence-corrected chi connectivity index (χ3v) is 5.42. The van der Waals surface area contributed by atoms with Crippen molar-refractivity contribution in [2.75, 3.05) is 14.1 Å². The molecule has 0 aliphatic heterocycles. The molecule has 0 saturated carbocycles. The van der Waals surface area contributed by atoms with Crippen molar-refractivity contribution >= 4 is 10.0 Å². The van der Waals surface area contributed by atoms with Gasteiger partial charge in [0, 0.05) is 29.7 Å². The molecule has 0 fully saturated rings. The van der Waals surface area contributed by atoms with Crippen molar-refractivity contribution in [3.05, 3.63) is 66.5 Å². The van der Waals surface area contributed by atoms with Gasteiger partial charge in [-0.2, -0.15) is 0 Å². The molecule has 0 saturated heterocycles. The first-order valence-electron chi connectivity index (χ1n) is 8.21. The molecule has 3 rings (SSSR count). The van der Waals surface area contributed by atoms with Crippen LogP contribution < -0.4 is 5.14 Å². The maximum atomic E-state index is 11.4. The summed E-state index contributed by atoms with van der Waals surface area (Å²) in [5.74, 6) is 0.793. The second-order valence-electron chi connectivity index (χ2n) is 6.42. The van der Waals surface area contributed by atoms with Crippen LogP contribution in [0.15, 0.2) is 65.8 Å². The number of primary sulfonamides is 1. The SMILES string of the molecule is CC(c1cccc(-c2nccn2-c2ccc(S(N)(=O)=O)cc2)c1)N(C)C. The van der Waals surface area contributed by atoms with Crippen molar-refractivity contribution < 1.29 is 8.42 Å². The van der Waals surface area contributed by atoms with Gasteiger partial charge in [-0.1, -0.05) is 18.2 Å². The molecule has 7 heteroatoms. The molecule has 0 bridgehead atoms. The lowest BCUT2D eigenvalue weighted by atomic mass is 10.0. The fourth-order valence-corrected chi connectivity index (χ4v) is 3.27. The number of hydrogen-bond donors (Lipinski definition) is 1. The van der Waals surface area contributed by atoms with Crippen LogP contribution in [-0.2, 0) is 10.0 Å². The van der Waals surface area contributed by atoms with Gasteiger partial charge < -0.3 is 4.90 Å². The number of rotatable bonds is 5. The summed E-state index contributed by atoms with van der Waals surface area (Å²) in [4.78, 5) is 6.72. The fraction of sp³-hybridized carbons (Fsp3) is 0.211. The number of benzene rings is 2. The molecule has 0 amide bonds. The van der Waals surface area contributed by atoms with E-state index in [2.05, 4.69) is 28.9 Å². The zero-order valence-corrected chi connectivity index (χ0v) is 15.8. The number of aromatic nitrogens is 2. The summed E-state index contributed by atoms with van der Waals surface area (Å²) < 4.78 is 24.8. The van der Waals surface area contributed by atoms with Crippen LogP contribution in [0.25, 0.3) is 17.1 Å². The molecular weight excluding hydrogens is 348 g/mol. The van der Waals surface area contributed by atoms with Gasteiger partial charge in [-0.15, -0.1) is 0 Å². The van der Waals surface area contributed by atoms with Gasteiger partial charge in [0.2, 0.25) is 10.0 Å². The van der Waals surface area contributed by atoms with Crippen LogP contribution in [-0.4, -0.2) is 37.0 Å². The first-order valence-corrected chi connectivity index (χ1v) is 9.75. The van der Waals surface area contributed by atoms with E-state index in [0.29, 0.717) is 0 Å². The minimum atomic E-state index is -3.70. The zero-order chi connectivity index (χ0) is 18.9. The van der Waals surface area contributed by atoms with Gasteiger partial charge in [0.25, 0.3) is 0 Å². The summed E-state index contributed by atoms with van der Waals surface area (Å²) >= 11 is 0. The summed E-state index contributed by atoms with van der Waals surface area (Å²) in [5.41, 5.74) is 3.01. The van der Waals surface area contributed by atoms with Crippen molar-refractivity contribution in [2.24, 2.45) is 5.14 Å². The van der Waals surface area contributed by atoms with Crippen LogP contribution in [0.3, 0.4) is 0 Å². The summed E-state index contributed by atoms with van der Waals surface area (Å²) in [7, 11) is 0.390. The highest BCUT2D eigenvalue weighted by Gasteiger charge is 2.13. The van der Waals surface area contributed by atoms with Gasteiger partial charge in [0.05, 0.1) is 4.90 Å². The first kappa shape index (κ1) is 18.3. The smallest absolute Gasteiger partial charge is 0.238 e. The lowest BCUT2D eigenvalue weighted by molar-refractivity contribution is 0.321. The second kappa shape index (κ2) is 7.03. The molecule has 1 aromatic heterocycles. The highest BCUT2D eigenvalue weighted by Crippen LogP contribution is 2.26. The lowest BCUT2D eigenvalue weighted by Gasteiger charge is -2.20. The Morgan fingerprint density at radius 2 is 1.81 bits per heavy atom. The van der Waals surface area contributed by atoms with Crippen molar-refractivity contribution in [3.8, 4) is 17.1 Å². The first-order chi connectivity index (χ1) is 12.3. The Bertz CT molecular complexity index is 1010. The third kappa shape index (κ3) is 3.70. The van der Waals surface area contributed by atoms with Gasteiger partial charge in [-0.05, 0) is 56.9 Å². The standard InChI is InChI=1S/C19H22N4O2S/c1-14(22(2)3)15-5-4-6-16(13-15)19-21-11-12-23(19)17-7-9-18(10-8-17)26(20,24)25/h4-14H,1-3H3,(H2,20,24,25). The van der Waals surface area contributed by atoms with Gasteiger partial charge >= 0.3 is 0 Å². The van der Waals surface area contributed by atoms with Gasteiger partial charge in [0.15, 0.2) is 0 Å². The second-order valence-corrected chi connectivity index (χ2v) is 7.99. The van der Waals surface area contributed by atoms with E-state index >= 15 is 0 Å². The van der Waals surface area contributed by atoms with Crippen LogP contribution >= 0.6 is 0 Å². The number of imidazole rings is 1. The minimum absolute atomic E-state index is 0.0877. The average Bonchev–Trinajstić information content (AvgIpc) is 3.10. The molecule has 1 atom stereocenters. The van der Waals surface area contributed by atoms with Crippen LogP contribution in [0.1, 0.15) is 18.5 Å². The molecule has 26 heavy (non-hydrogen) atoms. The largest absolute Gasteiger partial charge is 0.303 e. The monoisotopic (exact) mass is 370 g/mol. The Labute approximate surface area is 154 Å². The Morgan fingerprint density at radius 1 is 1.12 bits per heavy atom. The van der Waals surface area contributed by atoms with Crippen LogP contribution in [0.4, 0.5) is 0 Å². The Morgan fingerprint density at radius 3 is 2.42 bits per heavy atom. The molecule has 1 heterocycles. The quantitative estimate of drug-likeness (QED) is 0.749. The topological polar surface area (TPSA) is 81.2 Å². The molecule has 2 N–H and O–H groups in total. The lowest BCUT2D eigenvalue weighted by Crippen LogP contribution is -2.16. The van der Waals surface area contributed by atoms with Gasteiger partial charge in [0.1, 0.15) is 5.82 Å². The van der Waals surface area contributed by atoms with E-state index in [0.717, 1.165) is 17.1 Å². The number of nitrogens with two attached hydrogens (primary N) is 1. The number of nitrogens with zero attached hydrogens (tertiary/aromatic N) is 3. The highest BCUT2D eigenvalue weighted by molar-refractivity contribution is 7.89.